The van der Waals surface area contributed by atoms with E-state index in [9.17, 15) is 4.39 Å². The molecule has 0 amide bonds. The summed E-state index contributed by atoms with van der Waals surface area (Å²) in [5, 5.41) is 0. The average Bonchev–Trinajstić information content (AvgIpc) is 1.96. The zero-order valence-electron chi connectivity index (χ0n) is 7.04. The van der Waals surface area contributed by atoms with E-state index in [0.717, 1.165) is 0 Å². The van der Waals surface area contributed by atoms with Crippen molar-refractivity contribution < 1.29 is 9.13 Å². The van der Waals surface area contributed by atoms with Crippen LogP contribution in [-0.4, -0.2) is 11.1 Å². The van der Waals surface area contributed by atoms with Crippen molar-refractivity contribution >= 4 is 5.69 Å². The Labute approximate surface area is 70.4 Å². The first kappa shape index (κ1) is 8.77. The van der Waals surface area contributed by atoms with Crippen molar-refractivity contribution in [2.24, 2.45) is 0 Å². The van der Waals surface area contributed by atoms with Crippen LogP contribution in [0.3, 0.4) is 0 Å². The van der Waals surface area contributed by atoms with Gasteiger partial charge in [0.2, 0.25) is 11.8 Å². The van der Waals surface area contributed by atoms with Gasteiger partial charge in [-0.2, -0.15) is 9.37 Å². The molecule has 1 rings (SSSR count). The Morgan fingerprint density at radius 2 is 2.17 bits per heavy atom. The summed E-state index contributed by atoms with van der Waals surface area (Å²) in [7, 11) is 0. The molecule has 4 heteroatoms. The number of nitrogen functional groups attached to an aromatic ring is 1. The average molecular weight is 170 g/mol. The lowest BCUT2D eigenvalue weighted by atomic mass is 10.4. The molecule has 2 N–H and O–H groups in total. The normalized spacial score (nSPS) is 10.3. The Balaban J connectivity index is 2.82. The molecule has 0 fully saturated rings. The summed E-state index contributed by atoms with van der Waals surface area (Å²) >= 11 is 0. The van der Waals surface area contributed by atoms with Crippen LogP contribution < -0.4 is 10.5 Å². The van der Waals surface area contributed by atoms with Crippen LogP contribution >= 0.6 is 0 Å². The Kier molecular flexibility index (Phi) is 2.47. The third-order valence-corrected chi connectivity index (χ3v) is 1.21. The first-order valence-electron chi connectivity index (χ1n) is 3.68. The highest BCUT2D eigenvalue weighted by atomic mass is 19.1. The summed E-state index contributed by atoms with van der Waals surface area (Å²) in [6.45, 7) is 3.69. The summed E-state index contributed by atoms with van der Waals surface area (Å²) in [5.74, 6) is -0.426. The molecule has 0 atom stereocenters. The number of anilines is 1. The minimum atomic E-state index is -0.687. The molecule has 66 valence electrons. The molecule has 0 spiro atoms. The van der Waals surface area contributed by atoms with E-state index in [2.05, 4.69) is 4.98 Å². The fourth-order valence-electron chi connectivity index (χ4n) is 0.736. The van der Waals surface area contributed by atoms with Crippen LogP contribution in [0.5, 0.6) is 5.88 Å². The van der Waals surface area contributed by atoms with Gasteiger partial charge < -0.3 is 10.5 Å². The Hall–Kier alpha value is -1.32. The molecule has 3 nitrogen and oxygen atoms in total. The van der Waals surface area contributed by atoms with Crippen LogP contribution in [0.25, 0.3) is 0 Å². The van der Waals surface area contributed by atoms with Gasteiger partial charge in [-0.1, -0.05) is 0 Å². The van der Waals surface area contributed by atoms with Gasteiger partial charge in [0.05, 0.1) is 11.8 Å². The van der Waals surface area contributed by atoms with Crippen molar-refractivity contribution in [2.75, 3.05) is 5.73 Å². The predicted molar refractivity (Wildman–Crippen MR) is 44.4 cm³/mol. The fraction of sp³-hybridized carbons (Fsp3) is 0.375. The third kappa shape index (κ3) is 2.08. The molecule has 1 heterocycles. The summed E-state index contributed by atoms with van der Waals surface area (Å²) in [6.07, 6.45) is -0.0134. The lowest BCUT2D eigenvalue weighted by Crippen LogP contribution is -2.07. The van der Waals surface area contributed by atoms with Gasteiger partial charge in [0.1, 0.15) is 0 Å². The highest BCUT2D eigenvalue weighted by Gasteiger charge is 2.03. The third-order valence-electron chi connectivity index (χ3n) is 1.21. The second-order valence-corrected chi connectivity index (χ2v) is 2.70. The van der Waals surface area contributed by atoms with Gasteiger partial charge >= 0.3 is 0 Å². The van der Waals surface area contributed by atoms with Crippen molar-refractivity contribution in [3.63, 3.8) is 0 Å². The predicted octanol–water partition coefficient (Wildman–Crippen LogP) is 1.59. The van der Waals surface area contributed by atoms with Gasteiger partial charge in [-0.15, -0.1) is 0 Å². The van der Waals surface area contributed by atoms with Crippen molar-refractivity contribution in [3.05, 3.63) is 18.1 Å². The van der Waals surface area contributed by atoms with Gasteiger partial charge in [0.15, 0.2) is 0 Å². The van der Waals surface area contributed by atoms with E-state index in [1.807, 2.05) is 13.8 Å². The van der Waals surface area contributed by atoms with E-state index in [-0.39, 0.29) is 17.7 Å². The molecule has 0 aromatic carbocycles. The van der Waals surface area contributed by atoms with Gasteiger partial charge in [-0.3, -0.25) is 0 Å². The zero-order chi connectivity index (χ0) is 9.14. The number of ether oxygens (including phenoxy) is 1. The van der Waals surface area contributed by atoms with Crippen LogP contribution in [-0.2, 0) is 0 Å². The number of nitrogens with two attached hydrogens (primary N) is 1. The minimum absolute atomic E-state index is 0.0134. The topological polar surface area (TPSA) is 48.1 Å². The van der Waals surface area contributed by atoms with Crippen LogP contribution in [0.15, 0.2) is 12.1 Å². The second-order valence-electron chi connectivity index (χ2n) is 2.70. The van der Waals surface area contributed by atoms with Crippen LogP contribution in [0.2, 0.25) is 0 Å². The molecule has 0 saturated heterocycles. The van der Waals surface area contributed by atoms with E-state index >= 15 is 0 Å². The maximum Gasteiger partial charge on any atom is 0.239 e. The molecule has 0 aliphatic rings. The first-order valence-corrected chi connectivity index (χ1v) is 3.68. The molecular weight excluding hydrogens is 159 g/mol. The largest absolute Gasteiger partial charge is 0.475 e. The SMILES string of the molecule is CC(C)Oc1ccc(N)c(F)n1. The molecule has 12 heavy (non-hydrogen) atoms. The van der Waals surface area contributed by atoms with Gasteiger partial charge in [0, 0.05) is 6.07 Å². The van der Waals surface area contributed by atoms with Crippen molar-refractivity contribution in [3.8, 4) is 5.88 Å². The number of aromatic nitrogens is 1. The fourth-order valence-corrected chi connectivity index (χ4v) is 0.736. The monoisotopic (exact) mass is 170 g/mol. The molecule has 0 bridgehead atoms. The van der Waals surface area contributed by atoms with Crippen molar-refractivity contribution in [2.45, 2.75) is 20.0 Å². The number of hydrogen-bond acceptors (Lipinski definition) is 3. The molecule has 0 aliphatic carbocycles. The standard InChI is InChI=1S/C8H11FN2O/c1-5(2)12-7-4-3-6(10)8(9)11-7/h3-5H,10H2,1-2H3. The molecule has 1 aromatic heterocycles. The van der Waals surface area contributed by atoms with E-state index in [0.29, 0.717) is 0 Å². The Morgan fingerprint density at radius 3 is 2.67 bits per heavy atom. The van der Waals surface area contributed by atoms with Gasteiger partial charge in [-0.25, -0.2) is 0 Å². The second kappa shape index (κ2) is 3.38. The molecule has 1 aromatic rings. The molecule has 0 unspecified atom stereocenters. The highest BCUT2D eigenvalue weighted by Crippen LogP contribution is 2.13. The van der Waals surface area contributed by atoms with E-state index < -0.39 is 5.95 Å². The van der Waals surface area contributed by atoms with Crippen molar-refractivity contribution in [1.82, 2.24) is 4.98 Å². The minimum Gasteiger partial charge on any atom is -0.475 e. The van der Waals surface area contributed by atoms with Crippen LogP contribution in [0.4, 0.5) is 10.1 Å². The van der Waals surface area contributed by atoms with E-state index in [1.54, 1.807) is 6.07 Å². The summed E-state index contributed by atoms with van der Waals surface area (Å²) in [6, 6.07) is 2.97. The zero-order valence-corrected chi connectivity index (χ0v) is 7.04. The molecule has 0 aliphatic heterocycles. The Morgan fingerprint density at radius 1 is 1.50 bits per heavy atom. The Bertz CT molecular complexity index is 276. The molecule has 0 radical (unpaired) electrons. The lowest BCUT2D eigenvalue weighted by Gasteiger charge is -2.08. The summed E-state index contributed by atoms with van der Waals surface area (Å²) < 4.78 is 17.9. The number of rotatable bonds is 2. The number of halogens is 1. The van der Waals surface area contributed by atoms with E-state index in [1.165, 1.54) is 6.07 Å². The smallest absolute Gasteiger partial charge is 0.239 e. The van der Waals surface area contributed by atoms with Crippen molar-refractivity contribution in [1.29, 1.82) is 0 Å². The maximum absolute atomic E-state index is 12.7. The highest BCUT2D eigenvalue weighted by molar-refractivity contribution is 5.37. The molecule has 0 saturated carbocycles. The van der Waals surface area contributed by atoms with Gasteiger partial charge in [0.25, 0.3) is 0 Å². The quantitative estimate of drug-likeness (QED) is 0.685. The number of pyridine rings is 1. The summed E-state index contributed by atoms with van der Waals surface area (Å²) in [5.41, 5.74) is 5.26. The number of nitrogens with zero attached hydrogens (tertiary/aromatic N) is 1. The maximum atomic E-state index is 12.7. The van der Waals surface area contributed by atoms with Gasteiger partial charge in [-0.05, 0) is 19.9 Å². The lowest BCUT2D eigenvalue weighted by molar-refractivity contribution is 0.230. The van der Waals surface area contributed by atoms with Crippen LogP contribution in [0, 0.1) is 5.95 Å². The van der Waals surface area contributed by atoms with E-state index in [4.69, 9.17) is 10.5 Å². The van der Waals surface area contributed by atoms with Crippen LogP contribution in [0.1, 0.15) is 13.8 Å². The summed E-state index contributed by atoms with van der Waals surface area (Å²) in [4.78, 5) is 3.50. The number of hydrogen-bond donors (Lipinski definition) is 1. The first-order chi connectivity index (χ1) is 5.59. The molecular formula is C8H11FN2O.